The van der Waals surface area contributed by atoms with E-state index < -0.39 is 0 Å². The van der Waals surface area contributed by atoms with Crippen molar-refractivity contribution in [1.29, 1.82) is 0 Å². The number of rotatable bonds is 10. The molecule has 1 N–H and O–H groups in total. The van der Waals surface area contributed by atoms with E-state index in [0.717, 1.165) is 37.8 Å². The quantitative estimate of drug-likeness (QED) is 0.551. The maximum absolute atomic E-state index is 12.7. The van der Waals surface area contributed by atoms with Gasteiger partial charge in [0.1, 0.15) is 0 Å². The van der Waals surface area contributed by atoms with Crippen molar-refractivity contribution in [3.63, 3.8) is 0 Å². The molecular weight excluding hydrogens is 416 g/mol. The van der Waals surface area contributed by atoms with Crippen molar-refractivity contribution in [3.8, 4) is 11.4 Å². The zero-order valence-corrected chi connectivity index (χ0v) is 18.9. The lowest BCUT2D eigenvalue weighted by molar-refractivity contribution is -0.135. The average molecular weight is 447 g/mol. The van der Waals surface area contributed by atoms with Crippen molar-refractivity contribution in [2.45, 2.75) is 58.3 Å². The monoisotopic (exact) mass is 446 g/mol. The number of benzene rings is 1. The zero-order valence-electron chi connectivity index (χ0n) is 18.1. The number of carbonyl (C=O) groups is 2. The summed E-state index contributed by atoms with van der Waals surface area (Å²) in [6.07, 6.45) is 6.87. The summed E-state index contributed by atoms with van der Waals surface area (Å²) >= 11 is 5.90. The van der Waals surface area contributed by atoms with Gasteiger partial charge in [-0.25, -0.2) is 0 Å². The van der Waals surface area contributed by atoms with Crippen LogP contribution in [0, 0.1) is 5.92 Å². The Morgan fingerprint density at radius 1 is 1.23 bits per heavy atom. The Labute approximate surface area is 188 Å². The average Bonchev–Trinajstić information content (AvgIpc) is 3.27. The first-order chi connectivity index (χ1) is 15.1. The van der Waals surface area contributed by atoms with Gasteiger partial charge in [-0.05, 0) is 43.5 Å². The van der Waals surface area contributed by atoms with E-state index in [1.807, 2.05) is 12.1 Å². The fraction of sp³-hybridized carbons (Fsp3) is 0.565. The summed E-state index contributed by atoms with van der Waals surface area (Å²) in [7, 11) is 0. The molecule has 2 amide bonds. The third kappa shape index (κ3) is 7.06. The van der Waals surface area contributed by atoms with E-state index in [9.17, 15) is 9.59 Å². The molecule has 0 bridgehead atoms. The number of amides is 2. The minimum Gasteiger partial charge on any atom is -0.356 e. The number of halogens is 1. The van der Waals surface area contributed by atoms with Crippen LogP contribution in [0.1, 0.15) is 57.8 Å². The highest BCUT2D eigenvalue weighted by Gasteiger charge is 2.28. The summed E-state index contributed by atoms with van der Waals surface area (Å²) in [5.74, 6) is 0.874. The number of nitrogens with zero attached hydrogens (tertiary/aromatic N) is 3. The number of aryl methyl sites for hydroxylation is 1. The second-order valence-electron chi connectivity index (χ2n) is 8.05. The van der Waals surface area contributed by atoms with E-state index in [0.29, 0.717) is 36.2 Å². The van der Waals surface area contributed by atoms with Crippen LogP contribution in [0.5, 0.6) is 0 Å². The topological polar surface area (TPSA) is 88.3 Å². The van der Waals surface area contributed by atoms with Crippen LogP contribution in [0.2, 0.25) is 5.02 Å². The second-order valence-corrected chi connectivity index (χ2v) is 8.49. The molecule has 1 unspecified atom stereocenters. The zero-order chi connectivity index (χ0) is 22.1. The highest BCUT2D eigenvalue weighted by atomic mass is 35.5. The van der Waals surface area contributed by atoms with Crippen LogP contribution in [0.15, 0.2) is 28.8 Å². The molecule has 0 spiro atoms. The van der Waals surface area contributed by atoms with Gasteiger partial charge in [0.25, 0.3) is 0 Å². The number of piperidine rings is 1. The molecule has 1 aromatic carbocycles. The summed E-state index contributed by atoms with van der Waals surface area (Å²) in [6.45, 7) is 4.07. The summed E-state index contributed by atoms with van der Waals surface area (Å²) in [4.78, 5) is 31.3. The van der Waals surface area contributed by atoms with Crippen molar-refractivity contribution in [2.24, 2.45) is 5.92 Å². The van der Waals surface area contributed by atoms with Crippen LogP contribution < -0.4 is 5.32 Å². The Morgan fingerprint density at radius 2 is 2.03 bits per heavy atom. The van der Waals surface area contributed by atoms with E-state index in [4.69, 9.17) is 16.1 Å². The lowest BCUT2D eigenvalue weighted by Gasteiger charge is -2.32. The highest BCUT2D eigenvalue weighted by Crippen LogP contribution is 2.20. The minimum atomic E-state index is -0.121. The van der Waals surface area contributed by atoms with Crippen molar-refractivity contribution < 1.29 is 14.1 Å². The predicted molar refractivity (Wildman–Crippen MR) is 120 cm³/mol. The first-order valence-corrected chi connectivity index (χ1v) is 11.6. The van der Waals surface area contributed by atoms with E-state index in [1.165, 1.54) is 12.8 Å². The number of hydrogen-bond donors (Lipinski definition) is 1. The van der Waals surface area contributed by atoms with Gasteiger partial charge < -0.3 is 14.7 Å². The molecule has 0 radical (unpaired) electrons. The summed E-state index contributed by atoms with van der Waals surface area (Å²) in [6, 6.07) is 7.19. The Balaban J connectivity index is 1.44. The van der Waals surface area contributed by atoms with Crippen LogP contribution in [0.4, 0.5) is 0 Å². The van der Waals surface area contributed by atoms with E-state index in [1.54, 1.807) is 17.0 Å². The molecule has 0 saturated carbocycles. The van der Waals surface area contributed by atoms with E-state index in [2.05, 4.69) is 22.4 Å². The number of likely N-dealkylation sites (tertiary alicyclic amines) is 1. The molecule has 1 aliphatic rings. The molecule has 8 heteroatoms. The molecule has 1 aromatic heterocycles. The molecule has 1 aliphatic heterocycles. The van der Waals surface area contributed by atoms with Gasteiger partial charge in [-0.2, -0.15) is 4.98 Å². The first kappa shape index (κ1) is 23.3. The molecule has 2 aromatic rings. The Hall–Kier alpha value is -2.41. The van der Waals surface area contributed by atoms with Crippen LogP contribution in [0.25, 0.3) is 11.4 Å². The molecule has 2 heterocycles. The number of carbonyl (C=O) groups excluding carboxylic acids is 2. The maximum atomic E-state index is 12.7. The lowest BCUT2D eigenvalue weighted by Crippen LogP contribution is -2.45. The van der Waals surface area contributed by atoms with Gasteiger partial charge in [0, 0.05) is 43.1 Å². The number of unbranched alkanes of at least 4 members (excludes halogenated alkanes) is 3. The summed E-state index contributed by atoms with van der Waals surface area (Å²) in [5.41, 5.74) is 0.810. The first-order valence-electron chi connectivity index (χ1n) is 11.2. The van der Waals surface area contributed by atoms with Crippen LogP contribution >= 0.6 is 11.6 Å². The Kier molecular flexibility index (Phi) is 8.88. The molecule has 3 rings (SSSR count). The third-order valence-electron chi connectivity index (χ3n) is 5.60. The standard InChI is InChI=1S/C23H31ClN4O3/c1-2-3-4-5-14-25-23(30)18-7-6-15-28(16-18)21(29)13-12-20-26-22(27-31-20)17-8-10-19(24)11-9-17/h8-11,18H,2-7,12-16H2,1H3,(H,25,30). The predicted octanol–water partition coefficient (Wildman–Crippen LogP) is 4.26. The van der Waals surface area contributed by atoms with Crippen LogP contribution in [-0.2, 0) is 16.0 Å². The van der Waals surface area contributed by atoms with Crippen LogP contribution in [0.3, 0.4) is 0 Å². The fourth-order valence-electron chi connectivity index (χ4n) is 3.77. The molecule has 168 valence electrons. The molecule has 7 nitrogen and oxygen atoms in total. The number of nitrogens with one attached hydrogen (secondary N) is 1. The van der Waals surface area contributed by atoms with Gasteiger partial charge >= 0.3 is 0 Å². The Bertz CT molecular complexity index is 853. The largest absolute Gasteiger partial charge is 0.356 e. The Morgan fingerprint density at radius 3 is 2.81 bits per heavy atom. The van der Waals surface area contributed by atoms with Gasteiger partial charge in [0.2, 0.25) is 23.5 Å². The molecular formula is C23H31ClN4O3. The van der Waals surface area contributed by atoms with Crippen molar-refractivity contribution in [3.05, 3.63) is 35.2 Å². The highest BCUT2D eigenvalue weighted by molar-refractivity contribution is 6.30. The third-order valence-corrected chi connectivity index (χ3v) is 5.85. The lowest BCUT2D eigenvalue weighted by atomic mass is 9.96. The fourth-order valence-corrected chi connectivity index (χ4v) is 3.90. The van der Waals surface area contributed by atoms with Gasteiger partial charge in [-0.3, -0.25) is 9.59 Å². The summed E-state index contributed by atoms with van der Waals surface area (Å²) in [5, 5.41) is 7.66. The smallest absolute Gasteiger partial charge is 0.227 e. The summed E-state index contributed by atoms with van der Waals surface area (Å²) < 4.78 is 5.29. The number of aromatic nitrogens is 2. The van der Waals surface area contributed by atoms with Crippen molar-refractivity contribution in [2.75, 3.05) is 19.6 Å². The minimum absolute atomic E-state index is 0.0201. The van der Waals surface area contributed by atoms with Crippen LogP contribution in [-0.4, -0.2) is 46.5 Å². The van der Waals surface area contributed by atoms with Gasteiger partial charge in [-0.1, -0.05) is 42.9 Å². The van der Waals surface area contributed by atoms with Gasteiger partial charge in [0.05, 0.1) is 5.92 Å². The molecule has 1 saturated heterocycles. The van der Waals surface area contributed by atoms with Crippen molar-refractivity contribution >= 4 is 23.4 Å². The maximum Gasteiger partial charge on any atom is 0.227 e. The molecule has 1 fully saturated rings. The normalized spacial score (nSPS) is 16.3. The van der Waals surface area contributed by atoms with E-state index in [-0.39, 0.29) is 24.2 Å². The van der Waals surface area contributed by atoms with Gasteiger partial charge in [0.15, 0.2) is 0 Å². The molecule has 0 aliphatic carbocycles. The van der Waals surface area contributed by atoms with Crippen molar-refractivity contribution in [1.82, 2.24) is 20.4 Å². The van der Waals surface area contributed by atoms with Gasteiger partial charge in [-0.15, -0.1) is 0 Å². The number of hydrogen-bond acceptors (Lipinski definition) is 5. The molecule has 1 atom stereocenters. The van der Waals surface area contributed by atoms with E-state index >= 15 is 0 Å². The molecule has 31 heavy (non-hydrogen) atoms. The SMILES string of the molecule is CCCCCCNC(=O)C1CCCN(C(=O)CCc2nc(-c3ccc(Cl)cc3)no2)C1. The second kappa shape index (κ2) is 11.8.